The molecule has 2 aromatic rings. The van der Waals surface area contributed by atoms with E-state index < -0.39 is 0 Å². The first-order valence-electron chi connectivity index (χ1n) is 6.38. The molecular formula is C14H19N5O. The molecule has 0 aromatic carbocycles. The summed E-state index contributed by atoms with van der Waals surface area (Å²) < 4.78 is 5.03. The number of rotatable bonds is 3. The van der Waals surface area contributed by atoms with E-state index in [9.17, 15) is 0 Å². The number of aromatic nitrogens is 4. The average Bonchev–Trinajstić information content (AvgIpc) is 2.38. The molecule has 0 saturated heterocycles. The van der Waals surface area contributed by atoms with Gasteiger partial charge in [0.2, 0.25) is 11.8 Å². The van der Waals surface area contributed by atoms with Gasteiger partial charge in [-0.15, -0.1) is 0 Å². The summed E-state index contributed by atoms with van der Waals surface area (Å²) in [6, 6.07) is 3.74. The molecule has 0 atom stereocenters. The molecular weight excluding hydrogens is 254 g/mol. The van der Waals surface area contributed by atoms with Crippen LogP contribution >= 0.6 is 0 Å². The molecule has 2 N–H and O–H groups in total. The first-order valence-corrected chi connectivity index (χ1v) is 6.38. The van der Waals surface area contributed by atoms with Gasteiger partial charge in [0.05, 0.1) is 7.11 Å². The van der Waals surface area contributed by atoms with Gasteiger partial charge in [0.25, 0.3) is 0 Å². The lowest BCUT2D eigenvalue weighted by Gasteiger charge is -2.17. The van der Waals surface area contributed by atoms with Crippen LogP contribution in [0.25, 0.3) is 0 Å². The van der Waals surface area contributed by atoms with Gasteiger partial charge >= 0.3 is 0 Å². The van der Waals surface area contributed by atoms with E-state index in [0.29, 0.717) is 23.9 Å². The minimum atomic E-state index is -0.163. The highest BCUT2D eigenvalue weighted by atomic mass is 16.5. The lowest BCUT2D eigenvalue weighted by Crippen LogP contribution is -2.19. The maximum Gasteiger partial charge on any atom is 0.223 e. The summed E-state index contributed by atoms with van der Waals surface area (Å²) in [6.45, 7) is 6.13. The zero-order valence-corrected chi connectivity index (χ0v) is 12.2. The Hall–Kier alpha value is -2.24. The van der Waals surface area contributed by atoms with Crippen LogP contribution < -0.4 is 10.5 Å². The summed E-state index contributed by atoms with van der Waals surface area (Å²) >= 11 is 0. The van der Waals surface area contributed by atoms with E-state index in [1.165, 1.54) is 0 Å². The molecule has 6 heteroatoms. The van der Waals surface area contributed by atoms with E-state index in [4.69, 9.17) is 10.5 Å². The molecule has 20 heavy (non-hydrogen) atoms. The number of hydrogen-bond donors (Lipinski definition) is 1. The Kier molecular flexibility index (Phi) is 3.83. The van der Waals surface area contributed by atoms with Gasteiger partial charge < -0.3 is 10.5 Å². The van der Waals surface area contributed by atoms with Crippen LogP contribution in [0.1, 0.15) is 38.0 Å². The highest BCUT2D eigenvalue weighted by molar-refractivity contribution is 5.24. The molecule has 2 aromatic heterocycles. The Balaban J connectivity index is 2.26. The summed E-state index contributed by atoms with van der Waals surface area (Å²) in [6.07, 6.45) is 2.31. The smallest absolute Gasteiger partial charge is 0.223 e. The summed E-state index contributed by atoms with van der Waals surface area (Å²) in [4.78, 5) is 17.0. The van der Waals surface area contributed by atoms with Crippen LogP contribution in [0.2, 0.25) is 0 Å². The van der Waals surface area contributed by atoms with Gasteiger partial charge in [-0.2, -0.15) is 9.97 Å². The molecule has 0 radical (unpaired) electrons. The molecule has 0 bridgehead atoms. The second-order valence-electron chi connectivity index (χ2n) is 5.57. The first kappa shape index (κ1) is 14.2. The van der Waals surface area contributed by atoms with Gasteiger partial charge in [-0.3, -0.25) is 0 Å². The Morgan fingerprint density at radius 3 is 2.45 bits per heavy atom. The molecule has 2 rings (SSSR count). The molecule has 6 nitrogen and oxygen atoms in total. The third-order valence-corrected chi connectivity index (χ3v) is 2.74. The van der Waals surface area contributed by atoms with Gasteiger partial charge in [0.1, 0.15) is 11.6 Å². The van der Waals surface area contributed by atoms with Crippen LogP contribution in [0.3, 0.4) is 0 Å². The van der Waals surface area contributed by atoms with Crippen LogP contribution in [0.5, 0.6) is 5.88 Å². The second kappa shape index (κ2) is 5.40. The molecule has 2 heterocycles. The van der Waals surface area contributed by atoms with Crippen LogP contribution in [-0.2, 0) is 11.8 Å². The van der Waals surface area contributed by atoms with Crippen molar-refractivity contribution in [2.75, 3.05) is 12.8 Å². The molecule has 0 amide bonds. The first-order chi connectivity index (χ1) is 9.38. The van der Waals surface area contributed by atoms with Crippen LogP contribution in [0, 0.1) is 0 Å². The third kappa shape index (κ3) is 3.40. The Labute approximate surface area is 118 Å². The number of hydrogen-bond acceptors (Lipinski definition) is 6. The SMILES string of the molecule is COc1ccc(Cc2nc(N)nc(C(C)(C)C)n2)cn1. The zero-order chi connectivity index (χ0) is 14.8. The van der Waals surface area contributed by atoms with Crippen molar-refractivity contribution in [3.8, 4) is 5.88 Å². The second-order valence-corrected chi connectivity index (χ2v) is 5.57. The highest BCUT2D eigenvalue weighted by Gasteiger charge is 2.19. The van der Waals surface area contributed by atoms with Gasteiger partial charge in [0.15, 0.2) is 0 Å². The van der Waals surface area contributed by atoms with Crippen molar-refractivity contribution in [1.82, 2.24) is 19.9 Å². The summed E-state index contributed by atoms with van der Waals surface area (Å²) in [7, 11) is 1.59. The minimum absolute atomic E-state index is 0.163. The zero-order valence-electron chi connectivity index (χ0n) is 12.2. The standard InChI is InChI=1S/C14H19N5O/c1-14(2,3)12-17-10(18-13(15)19-12)7-9-5-6-11(20-4)16-8-9/h5-6,8H,7H2,1-4H3,(H2,15,17,18,19). The molecule has 0 aliphatic carbocycles. The van der Waals surface area contributed by atoms with Crippen molar-refractivity contribution in [2.24, 2.45) is 0 Å². The molecule has 0 saturated carbocycles. The fourth-order valence-corrected chi connectivity index (χ4v) is 1.67. The number of pyridine rings is 1. The van der Waals surface area contributed by atoms with Crippen molar-refractivity contribution < 1.29 is 4.74 Å². The molecule has 0 aliphatic heterocycles. The predicted molar refractivity (Wildman–Crippen MR) is 76.5 cm³/mol. The maximum absolute atomic E-state index is 5.76. The van der Waals surface area contributed by atoms with E-state index in [1.807, 2.05) is 32.9 Å². The molecule has 0 fully saturated rings. The quantitative estimate of drug-likeness (QED) is 0.916. The summed E-state index contributed by atoms with van der Waals surface area (Å²) in [5, 5.41) is 0. The van der Waals surface area contributed by atoms with Crippen molar-refractivity contribution in [1.29, 1.82) is 0 Å². The number of methoxy groups -OCH3 is 1. The van der Waals surface area contributed by atoms with E-state index in [1.54, 1.807) is 13.3 Å². The van der Waals surface area contributed by atoms with E-state index in [0.717, 1.165) is 5.56 Å². The predicted octanol–water partition coefficient (Wildman–Crippen LogP) is 1.75. The minimum Gasteiger partial charge on any atom is -0.481 e. The molecule has 106 valence electrons. The van der Waals surface area contributed by atoms with Gasteiger partial charge in [-0.25, -0.2) is 9.97 Å². The molecule has 0 aliphatic rings. The largest absolute Gasteiger partial charge is 0.481 e. The summed E-state index contributed by atoms with van der Waals surface area (Å²) in [5.74, 6) is 2.18. The van der Waals surface area contributed by atoms with E-state index >= 15 is 0 Å². The maximum atomic E-state index is 5.76. The fourth-order valence-electron chi connectivity index (χ4n) is 1.67. The van der Waals surface area contributed by atoms with Crippen molar-refractivity contribution in [3.05, 3.63) is 35.5 Å². The topological polar surface area (TPSA) is 86.8 Å². The monoisotopic (exact) mass is 273 g/mol. The molecule has 0 unspecified atom stereocenters. The van der Waals surface area contributed by atoms with Crippen LogP contribution in [-0.4, -0.2) is 27.0 Å². The fraction of sp³-hybridized carbons (Fsp3) is 0.429. The molecule has 0 spiro atoms. The van der Waals surface area contributed by atoms with Gasteiger partial charge in [0, 0.05) is 24.1 Å². The number of ether oxygens (including phenoxy) is 1. The number of nitrogens with zero attached hydrogens (tertiary/aromatic N) is 4. The number of nitrogen functional groups attached to an aromatic ring is 1. The third-order valence-electron chi connectivity index (χ3n) is 2.74. The Morgan fingerprint density at radius 1 is 1.15 bits per heavy atom. The normalized spacial score (nSPS) is 11.4. The lowest BCUT2D eigenvalue weighted by atomic mass is 9.96. The van der Waals surface area contributed by atoms with Crippen molar-refractivity contribution in [3.63, 3.8) is 0 Å². The Morgan fingerprint density at radius 2 is 1.90 bits per heavy atom. The van der Waals surface area contributed by atoms with Crippen molar-refractivity contribution >= 4 is 5.95 Å². The van der Waals surface area contributed by atoms with Crippen LogP contribution in [0.15, 0.2) is 18.3 Å². The van der Waals surface area contributed by atoms with E-state index in [2.05, 4.69) is 19.9 Å². The number of anilines is 1. The Bertz CT molecular complexity index is 590. The van der Waals surface area contributed by atoms with E-state index in [-0.39, 0.29) is 11.4 Å². The lowest BCUT2D eigenvalue weighted by molar-refractivity contribution is 0.397. The van der Waals surface area contributed by atoms with Gasteiger partial charge in [-0.1, -0.05) is 26.8 Å². The number of nitrogens with two attached hydrogens (primary N) is 1. The summed E-state index contributed by atoms with van der Waals surface area (Å²) in [5.41, 5.74) is 6.59. The highest BCUT2D eigenvalue weighted by Crippen LogP contribution is 2.19. The van der Waals surface area contributed by atoms with Gasteiger partial charge in [-0.05, 0) is 5.56 Å². The van der Waals surface area contributed by atoms with Crippen molar-refractivity contribution in [2.45, 2.75) is 32.6 Å². The van der Waals surface area contributed by atoms with Crippen LogP contribution in [0.4, 0.5) is 5.95 Å². The average molecular weight is 273 g/mol.